The largest absolute Gasteiger partial charge is 0.495 e. The summed E-state index contributed by atoms with van der Waals surface area (Å²) in [5, 5.41) is 13.4. The monoisotopic (exact) mass is 288 g/mol. The van der Waals surface area contributed by atoms with Gasteiger partial charge in [-0.15, -0.1) is 0 Å². The van der Waals surface area contributed by atoms with Gasteiger partial charge in [0.2, 0.25) is 0 Å². The molecule has 0 heterocycles. The maximum atomic E-state index is 11.5. The van der Waals surface area contributed by atoms with Crippen LogP contribution in [0.4, 0.5) is 10.5 Å². The minimum absolute atomic E-state index is 0.312. The van der Waals surface area contributed by atoms with E-state index >= 15 is 0 Å². The number of halogens is 1. The van der Waals surface area contributed by atoms with E-state index < -0.39 is 18.5 Å². The molecule has 8 heteroatoms. The Morgan fingerprint density at radius 3 is 2.42 bits per heavy atom. The predicted octanol–water partition coefficient (Wildman–Crippen LogP) is 1.56. The molecule has 0 unspecified atom stereocenters. The molecular formula is C11H13ClN2O5. The number of aliphatic carboxylic acids is 1. The predicted molar refractivity (Wildman–Crippen MR) is 69.2 cm³/mol. The zero-order chi connectivity index (χ0) is 14.4. The van der Waals surface area contributed by atoms with Crippen LogP contribution in [0.3, 0.4) is 0 Å². The number of hydrogen-bond acceptors (Lipinski definition) is 4. The molecule has 0 aliphatic heterocycles. The lowest BCUT2D eigenvalue weighted by Crippen LogP contribution is -2.33. The van der Waals surface area contributed by atoms with Crippen molar-refractivity contribution < 1.29 is 24.2 Å². The Bertz CT molecular complexity index is 492. The van der Waals surface area contributed by atoms with Crippen molar-refractivity contribution in [3.8, 4) is 11.5 Å². The number of urea groups is 1. The van der Waals surface area contributed by atoms with E-state index in [-0.39, 0.29) is 0 Å². The number of carboxylic acids is 1. The van der Waals surface area contributed by atoms with Crippen LogP contribution in [0.25, 0.3) is 0 Å². The molecule has 2 amide bonds. The number of ether oxygens (including phenoxy) is 2. The van der Waals surface area contributed by atoms with Crippen molar-refractivity contribution in [2.75, 3.05) is 26.1 Å². The second-order valence-electron chi connectivity index (χ2n) is 3.39. The van der Waals surface area contributed by atoms with Crippen LogP contribution in [-0.4, -0.2) is 37.9 Å². The number of amides is 2. The van der Waals surface area contributed by atoms with Crippen LogP contribution in [0, 0.1) is 0 Å². The standard InChI is InChI=1S/C11H13ClN2O5/c1-18-8-4-7(9(19-2)3-6(8)12)14-11(17)13-5-10(15)16/h3-4H,5H2,1-2H3,(H,15,16)(H2,13,14,17). The molecule has 0 aromatic heterocycles. The smallest absolute Gasteiger partial charge is 0.323 e. The molecule has 0 aliphatic carbocycles. The Hall–Kier alpha value is -2.15. The third-order valence-corrected chi connectivity index (χ3v) is 2.42. The van der Waals surface area contributed by atoms with Crippen LogP contribution in [0.1, 0.15) is 0 Å². The minimum Gasteiger partial charge on any atom is -0.495 e. The third-order valence-electron chi connectivity index (χ3n) is 2.12. The Morgan fingerprint density at radius 1 is 1.26 bits per heavy atom. The van der Waals surface area contributed by atoms with Gasteiger partial charge in [-0.2, -0.15) is 0 Å². The summed E-state index contributed by atoms with van der Waals surface area (Å²) in [6.07, 6.45) is 0. The van der Waals surface area contributed by atoms with Crippen molar-refractivity contribution in [1.82, 2.24) is 5.32 Å². The molecular weight excluding hydrogens is 276 g/mol. The molecule has 1 aromatic carbocycles. The van der Waals surface area contributed by atoms with Gasteiger partial charge in [0.05, 0.1) is 24.9 Å². The Labute approximate surface area is 114 Å². The van der Waals surface area contributed by atoms with Crippen molar-refractivity contribution >= 4 is 29.3 Å². The normalized spacial score (nSPS) is 9.63. The van der Waals surface area contributed by atoms with E-state index in [2.05, 4.69) is 10.6 Å². The zero-order valence-electron chi connectivity index (χ0n) is 10.3. The Kier molecular flexibility index (Phi) is 5.25. The van der Waals surface area contributed by atoms with E-state index in [9.17, 15) is 9.59 Å². The first-order valence-corrected chi connectivity index (χ1v) is 5.54. The molecule has 0 saturated carbocycles. The molecule has 19 heavy (non-hydrogen) atoms. The lowest BCUT2D eigenvalue weighted by Gasteiger charge is -2.13. The van der Waals surface area contributed by atoms with Crippen molar-refractivity contribution in [2.45, 2.75) is 0 Å². The highest BCUT2D eigenvalue weighted by molar-refractivity contribution is 6.32. The zero-order valence-corrected chi connectivity index (χ0v) is 11.1. The molecule has 3 N–H and O–H groups in total. The molecule has 0 saturated heterocycles. The van der Waals surface area contributed by atoms with Gasteiger partial charge in [0.15, 0.2) is 0 Å². The van der Waals surface area contributed by atoms with E-state index in [1.807, 2.05) is 0 Å². The molecule has 0 atom stereocenters. The second kappa shape index (κ2) is 6.69. The lowest BCUT2D eigenvalue weighted by atomic mass is 10.2. The van der Waals surface area contributed by atoms with Crippen LogP contribution < -0.4 is 20.1 Å². The summed E-state index contributed by atoms with van der Waals surface area (Å²) in [6.45, 7) is -0.487. The van der Waals surface area contributed by atoms with Gasteiger partial charge >= 0.3 is 12.0 Å². The summed E-state index contributed by atoms with van der Waals surface area (Å²) in [5.41, 5.74) is 0.312. The first kappa shape index (κ1) is 14.9. The number of carbonyl (C=O) groups excluding carboxylic acids is 1. The van der Waals surface area contributed by atoms with E-state index in [0.29, 0.717) is 22.2 Å². The van der Waals surface area contributed by atoms with Gasteiger partial charge in [0, 0.05) is 12.1 Å². The fraction of sp³-hybridized carbons (Fsp3) is 0.273. The number of carbonyl (C=O) groups is 2. The summed E-state index contributed by atoms with van der Waals surface area (Å²) in [5.74, 6) is -0.455. The molecule has 0 bridgehead atoms. The number of carboxylic acid groups (broad SMARTS) is 1. The van der Waals surface area contributed by atoms with Gasteiger partial charge < -0.3 is 25.2 Å². The van der Waals surface area contributed by atoms with Crippen molar-refractivity contribution in [2.24, 2.45) is 0 Å². The van der Waals surface area contributed by atoms with Gasteiger partial charge in [-0.25, -0.2) is 4.79 Å². The molecule has 0 radical (unpaired) electrons. The van der Waals surface area contributed by atoms with Crippen molar-refractivity contribution in [1.29, 1.82) is 0 Å². The lowest BCUT2D eigenvalue weighted by molar-refractivity contribution is -0.135. The number of anilines is 1. The summed E-state index contributed by atoms with van der Waals surface area (Å²) in [6, 6.07) is 2.28. The van der Waals surface area contributed by atoms with Gasteiger partial charge in [0.1, 0.15) is 18.0 Å². The van der Waals surface area contributed by atoms with Crippen LogP contribution in [0.15, 0.2) is 12.1 Å². The average molecular weight is 289 g/mol. The van der Waals surface area contributed by atoms with Crippen LogP contribution in [0.2, 0.25) is 5.02 Å². The second-order valence-corrected chi connectivity index (χ2v) is 3.80. The highest BCUT2D eigenvalue weighted by Gasteiger charge is 2.12. The van der Waals surface area contributed by atoms with Gasteiger partial charge in [0.25, 0.3) is 0 Å². The van der Waals surface area contributed by atoms with Crippen LogP contribution in [0.5, 0.6) is 11.5 Å². The van der Waals surface area contributed by atoms with Crippen molar-refractivity contribution in [3.63, 3.8) is 0 Å². The molecule has 104 valence electrons. The van der Waals surface area contributed by atoms with E-state index in [0.717, 1.165) is 0 Å². The SMILES string of the molecule is COc1cc(NC(=O)NCC(=O)O)c(OC)cc1Cl. The summed E-state index contributed by atoms with van der Waals surface area (Å²) in [7, 11) is 2.85. The topological polar surface area (TPSA) is 96.9 Å². The highest BCUT2D eigenvalue weighted by atomic mass is 35.5. The number of nitrogens with one attached hydrogen (secondary N) is 2. The Morgan fingerprint density at radius 2 is 1.89 bits per heavy atom. The molecule has 0 spiro atoms. The van der Waals surface area contributed by atoms with E-state index in [1.54, 1.807) is 0 Å². The molecule has 1 aromatic rings. The molecule has 7 nitrogen and oxygen atoms in total. The minimum atomic E-state index is -1.14. The first-order chi connectivity index (χ1) is 8.97. The molecule has 0 aliphatic rings. The number of hydrogen-bond donors (Lipinski definition) is 3. The Balaban J connectivity index is 2.86. The maximum Gasteiger partial charge on any atom is 0.323 e. The molecule has 0 fully saturated rings. The van der Waals surface area contributed by atoms with Crippen LogP contribution in [-0.2, 0) is 4.79 Å². The summed E-state index contributed by atoms with van der Waals surface area (Å²) < 4.78 is 10.1. The van der Waals surface area contributed by atoms with Crippen molar-refractivity contribution in [3.05, 3.63) is 17.2 Å². The molecule has 1 rings (SSSR count). The maximum absolute atomic E-state index is 11.5. The average Bonchev–Trinajstić information content (AvgIpc) is 2.37. The summed E-state index contributed by atoms with van der Waals surface area (Å²) in [4.78, 5) is 21.8. The van der Waals surface area contributed by atoms with Gasteiger partial charge in [-0.3, -0.25) is 4.79 Å². The van der Waals surface area contributed by atoms with E-state index in [4.69, 9.17) is 26.2 Å². The van der Waals surface area contributed by atoms with E-state index in [1.165, 1.54) is 26.4 Å². The number of methoxy groups -OCH3 is 2. The van der Waals surface area contributed by atoms with Gasteiger partial charge in [-0.1, -0.05) is 11.6 Å². The summed E-state index contributed by atoms with van der Waals surface area (Å²) >= 11 is 5.91. The van der Waals surface area contributed by atoms with Gasteiger partial charge in [-0.05, 0) is 0 Å². The fourth-order valence-corrected chi connectivity index (χ4v) is 1.51. The third kappa shape index (κ3) is 4.22. The quantitative estimate of drug-likeness (QED) is 0.764. The number of benzene rings is 1. The fourth-order valence-electron chi connectivity index (χ4n) is 1.28. The highest BCUT2D eigenvalue weighted by Crippen LogP contribution is 2.35. The number of rotatable bonds is 5. The van der Waals surface area contributed by atoms with Crippen LogP contribution >= 0.6 is 11.6 Å². The first-order valence-electron chi connectivity index (χ1n) is 5.16.